The van der Waals surface area contributed by atoms with E-state index in [1.165, 1.54) is 0 Å². The quantitative estimate of drug-likeness (QED) is 0.508. The van der Waals surface area contributed by atoms with Gasteiger partial charge in [0.15, 0.2) is 5.78 Å². The third kappa shape index (κ3) is 2.43. The predicted molar refractivity (Wildman–Crippen MR) is 59.0 cm³/mol. The van der Waals surface area contributed by atoms with Crippen LogP contribution in [0.2, 0.25) is 0 Å². The lowest BCUT2D eigenvalue weighted by atomic mass is 9.95. The molecule has 0 aromatic heterocycles. The van der Waals surface area contributed by atoms with Gasteiger partial charge in [0.05, 0.1) is 5.92 Å². The molecule has 1 aromatic rings. The molecule has 0 bridgehead atoms. The van der Waals surface area contributed by atoms with Crippen molar-refractivity contribution in [2.45, 2.75) is 6.42 Å². The first-order chi connectivity index (χ1) is 6.79. The number of carbonyl (C=O) groups is 1. The zero-order valence-corrected chi connectivity index (χ0v) is 8.07. The molecule has 1 heteroatoms. The summed E-state index contributed by atoms with van der Waals surface area (Å²) in [7, 11) is 0. The Hall–Kier alpha value is -1.63. The lowest BCUT2D eigenvalue weighted by Gasteiger charge is -2.07. The van der Waals surface area contributed by atoms with Crippen molar-refractivity contribution >= 4 is 5.78 Å². The first kappa shape index (κ1) is 10.5. The summed E-state index contributed by atoms with van der Waals surface area (Å²) in [6.45, 7) is 7.22. The van der Waals surface area contributed by atoms with Crippen molar-refractivity contribution in [2.24, 2.45) is 0 Å². The molecular weight excluding hydrogens is 172 g/mol. The summed E-state index contributed by atoms with van der Waals surface area (Å²) < 4.78 is 0. The van der Waals surface area contributed by atoms with E-state index in [9.17, 15) is 4.79 Å². The van der Waals surface area contributed by atoms with Crippen LogP contribution in [0.1, 0.15) is 16.8 Å². The Morgan fingerprint density at radius 3 is 2.36 bits per heavy atom. The average Bonchev–Trinajstić information content (AvgIpc) is 2.26. The Morgan fingerprint density at radius 2 is 1.86 bits per heavy atom. The van der Waals surface area contributed by atoms with Gasteiger partial charge in [-0.1, -0.05) is 42.5 Å². The highest BCUT2D eigenvalue weighted by Crippen LogP contribution is 2.15. The van der Waals surface area contributed by atoms with Crippen LogP contribution in [0.5, 0.6) is 0 Å². The Kier molecular flexibility index (Phi) is 3.86. The Bertz CT molecular complexity index is 324. The normalized spacial score (nSPS) is 9.79. The van der Waals surface area contributed by atoms with Crippen LogP contribution in [-0.2, 0) is 0 Å². The van der Waals surface area contributed by atoms with E-state index in [4.69, 9.17) is 0 Å². The fourth-order valence-corrected chi connectivity index (χ4v) is 1.20. The summed E-state index contributed by atoms with van der Waals surface area (Å²) in [6.07, 6.45) is 3.87. The van der Waals surface area contributed by atoms with Crippen LogP contribution in [0.4, 0.5) is 0 Å². The lowest BCUT2D eigenvalue weighted by Crippen LogP contribution is -2.08. The van der Waals surface area contributed by atoms with Crippen LogP contribution in [0.3, 0.4) is 0 Å². The smallest absolute Gasteiger partial charge is 0.174 e. The molecule has 1 nitrogen and oxygen atoms in total. The van der Waals surface area contributed by atoms with Crippen molar-refractivity contribution in [1.82, 2.24) is 0 Å². The molecular formula is C13H13O. The van der Waals surface area contributed by atoms with E-state index in [1.807, 2.05) is 18.2 Å². The molecule has 0 unspecified atom stereocenters. The first-order valence-corrected chi connectivity index (χ1v) is 4.48. The standard InChI is InChI=1S/C13H13O/c1-3-8-11(4-2)13(14)12-9-6-5-7-10-12/h3-7,9-10H,1-2,8H2. The summed E-state index contributed by atoms with van der Waals surface area (Å²) in [6, 6.07) is 9.19. The van der Waals surface area contributed by atoms with Crippen LogP contribution in [0.25, 0.3) is 0 Å². The Morgan fingerprint density at radius 1 is 1.21 bits per heavy atom. The highest BCUT2D eigenvalue weighted by Gasteiger charge is 2.15. The summed E-state index contributed by atoms with van der Waals surface area (Å²) in [5.74, 6) is 0.715. The Balaban J connectivity index is 2.83. The minimum atomic E-state index is 0.0282. The molecule has 0 aliphatic rings. The maximum atomic E-state index is 11.8. The van der Waals surface area contributed by atoms with E-state index < -0.39 is 0 Å². The van der Waals surface area contributed by atoms with Crippen LogP contribution >= 0.6 is 0 Å². The summed E-state index contributed by atoms with van der Waals surface area (Å²) in [4.78, 5) is 11.8. The van der Waals surface area contributed by atoms with Gasteiger partial charge in [-0.15, -0.1) is 13.2 Å². The SMILES string of the molecule is C=CC[C](C=C)C(=O)c1ccccc1. The fourth-order valence-electron chi connectivity index (χ4n) is 1.20. The van der Waals surface area contributed by atoms with Crippen molar-refractivity contribution in [3.63, 3.8) is 0 Å². The molecule has 0 aliphatic carbocycles. The molecule has 14 heavy (non-hydrogen) atoms. The second-order valence-electron chi connectivity index (χ2n) is 2.92. The van der Waals surface area contributed by atoms with E-state index in [1.54, 1.807) is 24.3 Å². The lowest BCUT2D eigenvalue weighted by molar-refractivity contribution is 0.101. The number of Topliss-reactive ketones (excluding diaryl/α,β-unsaturated/α-hetero) is 1. The average molecular weight is 185 g/mol. The van der Waals surface area contributed by atoms with Gasteiger partial charge in [-0.3, -0.25) is 4.79 Å². The molecule has 0 amide bonds. The number of hydrogen-bond donors (Lipinski definition) is 0. The van der Waals surface area contributed by atoms with Crippen LogP contribution < -0.4 is 0 Å². The van der Waals surface area contributed by atoms with Crippen molar-refractivity contribution in [1.29, 1.82) is 0 Å². The molecule has 0 aliphatic heterocycles. The van der Waals surface area contributed by atoms with E-state index in [-0.39, 0.29) is 5.78 Å². The molecule has 1 radical (unpaired) electrons. The molecule has 1 aromatic carbocycles. The highest BCUT2D eigenvalue weighted by atomic mass is 16.1. The van der Waals surface area contributed by atoms with Gasteiger partial charge in [0.1, 0.15) is 0 Å². The van der Waals surface area contributed by atoms with Gasteiger partial charge in [-0.2, -0.15) is 0 Å². The minimum Gasteiger partial charge on any atom is -0.293 e. The topological polar surface area (TPSA) is 17.1 Å². The molecule has 0 saturated heterocycles. The van der Waals surface area contributed by atoms with Gasteiger partial charge in [0, 0.05) is 5.56 Å². The van der Waals surface area contributed by atoms with Crippen molar-refractivity contribution in [3.05, 3.63) is 67.1 Å². The van der Waals surface area contributed by atoms with E-state index in [0.717, 1.165) is 0 Å². The Labute approximate surface area is 84.8 Å². The monoisotopic (exact) mass is 185 g/mol. The van der Waals surface area contributed by atoms with Crippen LogP contribution in [0.15, 0.2) is 55.6 Å². The number of ketones is 1. The molecule has 0 saturated carbocycles. The predicted octanol–water partition coefficient (Wildman–Crippen LogP) is 3.21. The number of benzene rings is 1. The third-order valence-corrected chi connectivity index (χ3v) is 1.94. The highest BCUT2D eigenvalue weighted by molar-refractivity contribution is 6.07. The zero-order valence-electron chi connectivity index (χ0n) is 8.07. The molecule has 0 spiro atoms. The van der Waals surface area contributed by atoms with E-state index >= 15 is 0 Å². The fraction of sp³-hybridized carbons (Fsp3) is 0.0769. The van der Waals surface area contributed by atoms with Crippen molar-refractivity contribution < 1.29 is 4.79 Å². The second kappa shape index (κ2) is 5.18. The van der Waals surface area contributed by atoms with Gasteiger partial charge < -0.3 is 0 Å². The van der Waals surface area contributed by atoms with Gasteiger partial charge in [0.2, 0.25) is 0 Å². The number of carbonyl (C=O) groups excluding carboxylic acids is 1. The van der Waals surface area contributed by atoms with Crippen molar-refractivity contribution in [2.75, 3.05) is 0 Å². The second-order valence-corrected chi connectivity index (χ2v) is 2.92. The van der Waals surface area contributed by atoms with E-state index in [0.29, 0.717) is 17.9 Å². The van der Waals surface area contributed by atoms with Gasteiger partial charge >= 0.3 is 0 Å². The minimum absolute atomic E-state index is 0.0282. The van der Waals surface area contributed by atoms with E-state index in [2.05, 4.69) is 13.2 Å². The maximum Gasteiger partial charge on any atom is 0.174 e. The molecule has 0 atom stereocenters. The third-order valence-electron chi connectivity index (χ3n) is 1.94. The first-order valence-electron chi connectivity index (χ1n) is 4.48. The van der Waals surface area contributed by atoms with Gasteiger partial charge in [0.25, 0.3) is 0 Å². The molecule has 1 rings (SSSR count). The number of allylic oxidation sites excluding steroid dienone is 2. The molecule has 0 fully saturated rings. The van der Waals surface area contributed by atoms with Crippen LogP contribution in [0, 0.1) is 5.92 Å². The zero-order chi connectivity index (χ0) is 10.4. The largest absolute Gasteiger partial charge is 0.293 e. The summed E-state index contributed by atoms with van der Waals surface area (Å²) in [5, 5.41) is 0. The summed E-state index contributed by atoms with van der Waals surface area (Å²) in [5.41, 5.74) is 0.698. The van der Waals surface area contributed by atoms with Gasteiger partial charge in [-0.25, -0.2) is 0 Å². The van der Waals surface area contributed by atoms with Gasteiger partial charge in [-0.05, 0) is 6.42 Å². The molecule has 71 valence electrons. The maximum absolute atomic E-state index is 11.8. The molecule has 0 heterocycles. The number of hydrogen-bond acceptors (Lipinski definition) is 1. The summed E-state index contributed by atoms with van der Waals surface area (Å²) >= 11 is 0. The van der Waals surface area contributed by atoms with Crippen LogP contribution in [-0.4, -0.2) is 5.78 Å². The van der Waals surface area contributed by atoms with Crippen molar-refractivity contribution in [3.8, 4) is 0 Å². The number of rotatable bonds is 5. The molecule has 0 N–H and O–H groups in total.